The molecule has 4 aromatic rings. The van der Waals surface area contributed by atoms with Crippen molar-refractivity contribution in [2.45, 2.75) is 50.7 Å². The van der Waals surface area contributed by atoms with Crippen molar-refractivity contribution < 1.29 is 22.7 Å². The summed E-state index contributed by atoms with van der Waals surface area (Å²) in [5.41, 5.74) is 9.74. The number of amides is 3. The molecule has 0 aliphatic heterocycles. The molecule has 0 radical (unpaired) electrons. The number of sulfonamides is 1. The maximum Gasteiger partial charge on any atom is 0.436 e. The Bertz CT molecular complexity index is 1780. The number of pyridine rings is 1. The van der Waals surface area contributed by atoms with Crippen LogP contribution in [0.2, 0.25) is 0 Å². The van der Waals surface area contributed by atoms with Crippen molar-refractivity contribution in [3.63, 3.8) is 0 Å². The van der Waals surface area contributed by atoms with Crippen LogP contribution in [0.1, 0.15) is 56.0 Å². The smallest absolute Gasteiger partial charge is 0.436 e. The highest BCUT2D eigenvalue weighted by molar-refractivity contribution is 7.89. The first-order valence-electron chi connectivity index (χ1n) is 14.9. The highest BCUT2D eigenvalue weighted by Gasteiger charge is 2.18. The van der Waals surface area contributed by atoms with Crippen molar-refractivity contribution in [3.05, 3.63) is 114 Å². The van der Waals surface area contributed by atoms with Gasteiger partial charge in [0.05, 0.1) is 10.6 Å². The Balaban J connectivity index is 1.46. The van der Waals surface area contributed by atoms with Crippen molar-refractivity contribution in [2.24, 2.45) is 15.9 Å². The van der Waals surface area contributed by atoms with E-state index in [1.807, 2.05) is 6.07 Å². The van der Waals surface area contributed by atoms with Crippen LogP contribution in [0.5, 0.6) is 0 Å². The number of rotatable bonds is 12. The number of nitrogens with one attached hydrogen (secondary N) is 1. The molecule has 0 saturated heterocycles. The quantitative estimate of drug-likeness (QED) is 0.0935. The lowest BCUT2D eigenvalue weighted by Crippen LogP contribution is -2.35. The molecule has 12 heteroatoms. The lowest BCUT2D eigenvalue weighted by molar-refractivity contribution is 0.115. The van der Waals surface area contributed by atoms with E-state index in [0.29, 0.717) is 34.6 Å². The molecule has 4 rings (SSSR count). The third kappa shape index (κ3) is 9.46. The van der Waals surface area contributed by atoms with Gasteiger partial charge in [-0.3, -0.25) is 4.98 Å². The van der Waals surface area contributed by atoms with Crippen molar-refractivity contribution in [1.29, 1.82) is 0 Å². The molecule has 0 aliphatic rings. The monoisotopic (exact) mass is 642 g/mol. The van der Waals surface area contributed by atoms with Crippen LogP contribution in [0.15, 0.2) is 107 Å². The van der Waals surface area contributed by atoms with Crippen LogP contribution in [-0.2, 0) is 21.3 Å². The van der Waals surface area contributed by atoms with Gasteiger partial charge in [0.1, 0.15) is 11.9 Å². The second-order valence-corrected chi connectivity index (χ2v) is 12.2. The number of ether oxygens (including phenoxy) is 1. The number of carbonyl (C=O) groups is 2. The molecule has 3 amide bonds. The molecular formula is C34H38N6O5S. The van der Waals surface area contributed by atoms with Crippen LogP contribution in [-0.4, -0.2) is 42.8 Å². The van der Waals surface area contributed by atoms with E-state index in [9.17, 15) is 18.0 Å². The zero-order valence-electron chi connectivity index (χ0n) is 25.8. The number of urea groups is 1. The van der Waals surface area contributed by atoms with Crippen molar-refractivity contribution in [1.82, 2.24) is 9.88 Å². The lowest BCUT2D eigenvalue weighted by Gasteiger charge is -2.24. The molecule has 0 bridgehead atoms. The minimum atomic E-state index is -3.91. The molecule has 5 N–H and O–H groups in total. The normalized spacial score (nSPS) is 12.3. The maximum absolute atomic E-state index is 13.4. The van der Waals surface area contributed by atoms with Crippen molar-refractivity contribution in [3.8, 4) is 11.1 Å². The molecule has 46 heavy (non-hydrogen) atoms. The number of aliphatic imine (C=N–C) groups is 1. The zero-order chi connectivity index (χ0) is 33.1. The Kier molecular flexibility index (Phi) is 11.6. The highest BCUT2D eigenvalue weighted by Crippen LogP contribution is 2.28. The fraction of sp³-hybridized carbons (Fsp3) is 0.235. The Labute approximate surface area is 269 Å². The standard InChI is InChI=1S/C34H38N6O5S/c1-3-4-9-21-40(33(41)38-28-18-16-26(17-19-28)29-13-5-6-15-31(29)46(36,43)44)23-25-11-10-12-27(22-25)32(35)39-34(42)45-24(2)30-14-7-8-20-37-30/h5-8,10-20,22,24H,3-4,9,21,23H2,1-2H3,(H,38,41)(H2,35,39,42)(H2,36,43,44). The van der Waals surface area contributed by atoms with Gasteiger partial charge >= 0.3 is 12.1 Å². The lowest BCUT2D eigenvalue weighted by atomic mass is 10.1. The van der Waals surface area contributed by atoms with Crippen LogP contribution >= 0.6 is 0 Å². The first kappa shape index (κ1) is 33.8. The van der Waals surface area contributed by atoms with Crippen LogP contribution < -0.4 is 16.2 Å². The second kappa shape index (κ2) is 15.8. The number of hydrogen-bond donors (Lipinski definition) is 3. The number of amidine groups is 1. The molecule has 1 aromatic heterocycles. The van der Waals surface area contributed by atoms with Gasteiger partial charge in [-0.15, -0.1) is 0 Å². The van der Waals surface area contributed by atoms with Gasteiger partial charge in [0.15, 0.2) is 0 Å². The molecule has 3 aromatic carbocycles. The van der Waals surface area contributed by atoms with E-state index < -0.39 is 22.2 Å². The summed E-state index contributed by atoms with van der Waals surface area (Å²) in [7, 11) is -3.91. The summed E-state index contributed by atoms with van der Waals surface area (Å²) < 4.78 is 29.4. The number of unbranched alkanes of at least 4 members (excludes halogenated alkanes) is 2. The second-order valence-electron chi connectivity index (χ2n) is 10.7. The molecule has 0 aliphatic carbocycles. The topological polar surface area (TPSA) is 170 Å². The van der Waals surface area contributed by atoms with Gasteiger partial charge in [0.2, 0.25) is 10.0 Å². The van der Waals surface area contributed by atoms with E-state index in [-0.39, 0.29) is 23.3 Å². The zero-order valence-corrected chi connectivity index (χ0v) is 26.6. The highest BCUT2D eigenvalue weighted by atomic mass is 32.2. The molecule has 0 saturated carbocycles. The minimum absolute atomic E-state index is 0.00819. The predicted octanol–water partition coefficient (Wildman–Crippen LogP) is 6.22. The summed E-state index contributed by atoms with van der Waals surface area (Å²) >= 11 is 0. The number of anilines is 1. The largest absolute Gasteiger partial charge is 0.438 e. The molecular weight excluding hydrogens is 604 g/mol. The van der Waals surface area contributed by atoms with Crippen LogP contribution in [0.3, 0.4) is 0 Å². The SMILES string of the molecule is CCCCCN(Cc1cccc(C(N)=NC(=O)OC(C)c2ccccn2)c1)C(=O)Nc1ccc(-c2ccccc2S(N)(=O)=O)cc1. The molecule has 11 nitrogen and oxygen atoms in total. The van der Waals surface area contributed by atoms with Crippen molar-refractivity contribution in [2.75, 3.05) is 11.9 Å². The number of carbonyl (C=O) groups excluding carboxylic acids is 2. The van der Waals surface area contributed by atoms with Gasteiger partial charge in [-0.05, 0) is 60.9 Å². The summed E-state index contributed by atoms with van der Waals surface area (Å²) in [4.78, 5) is 35.7. The van der Waals surface area contributed by atoms with Crippen LogP contribution in [0, 0.1) is 0 Å². The average molecular weight is 643 g/mol. The molecule has 1 atom stereocenters. The number of nitrogens with zero attached hydrogens (tertiary/aromatic N) is 3. The van der Waals surface area contributed by atoms with Gasteiger partial charge in [0.25, 0.3) is 0 Å². The Morgan fingerprint density at radius 3 is 2.41 bits per heavy atom. The van der Waals surface area contributed by atoms with Gasteiger partial charge in [-0.2, -0.15) is 4.99 Å². The maximum atomic E-state index is 13.4. The van der Waals surface area contributed by atoms with Crippen LogP contribution in [0.4, 0.5) is 15.3 Å². The summed E-state index contributed by atoms with van der Waals surface area (Å²) in [6.45, 7) is 4.60. The van der Waals surface area contributed by atoms with E-state index >= 15 is 0 Å². The minimum Gasteiger partial charge on any atom is -0.438 e. The van der Waals surface area contributed by atoms with Gasteiger partial charge in [-0.25, -0.2) is 23.1 Å². The Morgan fingerprint density at radius 1 is 0.978 bits per heavy atom. The number of benzene rings is 3. The first-order chi connectivity index (χ1) is 22.0. The number of primary sulfonamides is 1. The first-order valence-corrected chi connectivity index (χ1v) is 16.4. The number of nitrogens with two attached hydrogens (primary N) is 2. The van der Waals surface area contributed by atoms with E-state index in [4.69, 9.17) is 15.6 Å². The van der Waals surface area contributed by atoms with E-state index in [0.717, 1.165) is 24.8 Å². The number of aromatic nitrogens is 1. The summed E-state index contributed by atoms with van der Waals surface area (Å²) in [5, 5.41) is 8.33. The molecule has 1 heterocycles. The molecule has 0 fully saturated rings. The molecule has 1 unspecified atom stereocenters. The predicted molar refractivity (Wildman–Crippen MR) is 179 cm³/mol. The number of hydrogen-bond acceptors (Lipinski definition) is 6. The van der Waals surface area contributed by atoms with Gasteiger partial charge in [-0.1, -0.05) is 74.4 Å². The fourth-order valence-electron chi connectivity index (χ4n) is 4.76. The molecule has 0 spiro atoms. The van der Waals surface area contributed by atoms with Gasteiger partial charge in [0, 0.05) is 36.1 Å². The van der Waals surface area contributed by atoms with E-state index in [1.165, 1.54) is 6.07 Å². The van der Waals surface area contributed by atoms with Crippen LogP contribution in [0.25, 0.3) is 11.1 Å². The summed E-state index contributed by atoms with van der Waals surface area (Å²) in [5.74, 6) is -0.00819. The van der Waals surface area contributed by atoms with E-state index in [2.05, 4.69) is 22.2 Å². The third-order valence-corrected chi connectivity index (χ3v) is 8.12. The Morgan fingerprint density at radius 2 is 1.72 bits per heavy atom. The summed E-state index contributed by atoms with van der Waals surface area (Å²) in [6, 6.07) is 25.6. The fourth-order valence-corrected chi connectivity index (χ4v) is 5.52. The summed E-state index contributed by atoms with van der Waals surface area (Å²) in [6.07, 6.45) is 2.96. The Hall–Kier alpha value is -5.07. The van der Waals surface area contributed by atoms with Gasteiger partial charge < -0.3 is 20.7 Å². The van der Waals surface area contributed by atoms with Crippen molar-refractivity contribution >= 4 is 33.7 Å². The third-order valence-electron chi connectivity index (χ3n) is 7.15. The van der Waals surface area contributed by atoms with E-state index in [1.54, 1.807) is 96.9 Å². The molecule has 240 valence electrons. The average Bonchev–Trinajstić information content (AvgIpc) is 3.04.